The van der Waals surface area contributed by atoms with Crippen LogP contribution in [0.2, 0.25) is 0 Å². The Kier molecular flexibility index (Phi) is 2.03. The fraction of sp³-hybridized carbons (Fsp3) is 0.500. The van der Waals surface area contributed by atoms with Gasteiger partial charge in [-0.2, -0.15) is 0 Å². The van der Waals surface area contributed by atoms with Gasteiger partial charge in [0, 0.05) is 0 Å². The van der Waals surface area contributed by atoms with Crippen LogP contribution in [-0.4, -0.2) is 16.5 Å². The number of carbonyl (C=O) groups is 2. The molecule has 0 aromatic heterocycles. The van der Waals surface area contributed by atoms with Crippen LogP contribution in [0.1, 0.15) is 13.8 Å². The molecule has 0 fully saturated rings. The fourth-order valence-electron chi connectivity index (χ4n) is 0.222. The average molecular weight is 132 g/mol. The number of imide groups is 1. The smallest absolute Gasteiger partial charge is 0.226 e. The van der Waals surface area contributed by atoms with Gasteiger partial charge in [-0.15, -0.1) is 11.7 Å². The first kappa shape index (κ1) is 8.22. The van der Waals surface area contributed by atoms with Gasteiger partial charge in [0.25, 0.3) is 0 Å². The summed E-state index contributed by atoms with van der Waals surface area (Å²) >= 11 is 0. The van der Waals surface area contributed by atoms with Crippen LogP contribution in [-0.2, 0) is 9.59 Å². The highest BCUT2D eigenvalue weighted by atomic mass is 16.2. The first-order valence-electron chi connectivity index (χ1n) is 2.37. The van der Waals surface area contributed by atoms with Crippen molar-refractivity contribution in [3.05, 3.63) is 0 Å². The van der Waals surface area contributed by atoms with E-state index in [0.29, 0.717) is 0 Å². The Morgan fingerprint density at radius 1 is 1.11 bits per heavy atom. The molecular weight excluding hydrogens is 122 g/mol. The van der Waals surface area contributed by atoms with Crippen molar-refractivity contribution >= 4 is 11.8 Å². The molecule has 0 atom stereocenters. The molecule has 0 aliphatic carbocycles. The number of nitrogens with zero attached hydrogens (tertiary/aromatic N) is 1. The molecular formula is C4H10N3O2+. The van der Waals surface area contributed by atoms with E-state index in [1.807, 2.05) is 0 Å². The molecule has 4 N–H and O–H groups in total. The van der Waals surface area contributed by atoms with E-state index >= 15 is 0 Å². The van der Waals surface area contributed by atoms with Gasteiger partial charge >= 0.3 is 11.8 Å². The second kappa shape index (κ2) is 2.22. The Morgan fingerprint density at radius 2 is 1.33 bits per heavy atom. The maximum atomic E-state index is 10.4. The second-order valence-electron chi connectivity index (χ2n) is 1.82. The topological polar surface area (TPSA) is 86.2 Å². The van der Waals surface area contributed by atoms with Gasteiger partial charge in [-0.25, -0.2) is 9.59 Å². The van der Waals surface area contributed by atoms with Crippen LogP contribution in [0, 0.1) is 0 Å². The molecule has 52 valence electrons. The van der Waals surface area contributed by atoms with E-state index in [2.05, 4.69) is 0 Å². The predicted octanol–water partition coefficient (Wildman–Crippen LogP) is -1.36. The lowest BCUT2D eigenvalue weighted by Gasteiger charge is -2.16. The van der Waals surface area contributed by atoms with E-state index in [1.165, 1.54) is 0 Å². The zero-order valence-electron chi connectivity index (χ0n) is 5.42. The van der Waals surface area contributed by atoms with Gasteiger partial charge in [-0.3, -0.25) is 0 Å². The van der Waals surface area contributed by atoms with E-state index < -0.39 is 16.5 Å². The Balaban J connectivity index is 4.38. The van der Waals surface area contributed by atoms with E-state index in [0.717, 1.165) is 13.8 Å². The lowest BCUT2D eigenvalue weighted by Crippen LogP contribution is -2.66. The van der Waals surface area contributed by atoms with Gasteiger partial charge < -0.3 is 0 Å². The second-order valence-corrected chi connectivity index (χ2v) is 1.82. The SMILES string of the molecule is CC(=O)[N+](N)(N)C(C)=O. The highest BCUT2D eigenvalue weighted by Gasteiger charge is 2.31. The lowest BCUT2D eigenvalue weighted by atomic mass is 10.5. The number of carbonyl (C=O) groups excluding carboxylic acids is 2. The Hall–Kier alpha value is -0.780. The molecule has 2 amide bonds. The highest BCUT2D eigenvalue weighted by molar-refractivity contribution is 5.80. The number of nitrogens with two attached hydrogens (primary N) is 2. The molecule has 0 aromatic rings. The highest BCUT2D eigenvalue weighted by Crippen LogP contribution is 1.87. The Labute approximate surface area is 52.7 Å². The number of amides is 2. The molecule has 5 heteroatoms. The van der Waals surface area contributed by atoms with Crippen molar-refractivity contribution in [2.24, 2.45) is 11.7 Å². The Bertz CT molecular complexity index is 136. The summed E-state index contributed by atoms with van der Waals surface area (Å²) in [5.41, 5.74) is 0. The number of quaternary nitrogens is 1. The normalized spacial score (nSPS) is 11.1. The summed E-state index contributed by atoms with van der Waals surface area (Å²) in [6.07, 6.45) is 0. The van der Waals surface area contributed by atoms with Crippen molar-refractivity contribution < 1.29 is 14.3 Å². The molecule has 0 aliphatic heterocycles. The van der Waals surface area contributed by atoms with Crippen LogP contribution in [0.25, 0.3) is 0 Å². The number of hydrogen-bond donors (Lipinski definition) is 2. The minimum Gasteiger partial charge on any atom is -0.226 e. The first-order chi connectivity index (χ1) is 3.89. The zero-order chi connectivity index (χ0) is 7.65. The van der Waals surface area contributed by atoms with Crippen LogP contribution in [0.3, 0.4) is 0 Å². The molecule has 0 spiro atoms. The van der Waals surface area contributed by atoms with Gasteiger partial charge in [0.1, 0.15) is 0 Å². The third-order valence-corrected chi connectivity index (χ3v) is 1.04. The fourth-order valence-corrected chi connectivity index (χ4v) is 0.222. The maximum Gasteiger partial charge on any atom is 0.356 e. The number of hydrogen-bond acceptors (Lipinski definition) is 4. The molecule has 0 saturated carbocycles. The van der Waals surface area contributed by atoms with E-state index in [9.17, 15) is 9.59 Å². The largest absolute Gasteiger partial charge is 0.356 e. The quantitative estimate of drug-likeness (QED) is 0.184. The van der Waals surface area contributed by atoms with E-state index in [-0.39, 0.29) is 0 Å². The standard InChI is InChI=1S/C4H10N3O2/c1-3(8)7(5,6)4(2)9/h5-6H2,1-2H3/q+1. The van der Waals surface area contributed by atoms with Crippen LogP contribution in [0.4, 0.5) is 0 Å². The monoisotopic (exact) mass is 132 g/mol. The third-order valence-electron chi connectivity index (χ3n) is 1.04. The van der Waals surface area contributed by atoms with Crippen molar-refractivity contribution in [1.82, 2.24) is 0 Å². The van der Waals surface area contributed by atoms with Gasteiger partial charge in [0.05, 0.1) is 13.8 Å². The first-order valence-corrected chi connectivity index (χ1v) is 2.37. The van der Waals surface area contributed by atoms with Gasteiger partial charge in [-0.1, -0.05) is 4.70 Å². The minimum absolute atomic E-state index is 0.581. The lowest BCUT2D eigenvalue weighted by molar-refractivity contribution is -0.801. The van der Waals surface area contributed by atoms with Gasteiger partial charge in [0.15, 0.2) is 0 Å². The van der Waals surface area contributed by atoms with Crippen molar-refractivity contribution in [3.63, 3.8) is 0 Å². The van der Waals surface area contributed by atoms with Crippen LogP contribution in [0.15, 0.2) is 0 Å². The maximum absolute atomic E-state index is 10.4. The summed E-state index contributed by atoms with van der Waals surface area (Å²) in [5.74, 6) is 8.88. The predicted molar refractivity (Wildman–Crippen MR) is 30.0 cm³/mol. The molecule has 9 heavy (non-hydrogen) atoms. The molecule has 0 saturated heterocycles. The summed E-state index contributed by atoms with van der Waals surface area (Å²) in [4.78, 5) is 20.8. The minimum atomic E-state index is -1.17. The molecule has 0 bridgehead atoms. The molecule has 0 heterocycles. The van der Waals surface area contributed by atoms with Crippen molar-refractivity contribution in [3.8, 4) is 0 Å². The molecule has 5 nitrogen and oxygen atoms in total. The summed E-state index contributed by atoms with van der Waals surface area (Å²) in [5, 5.41) is 0. The third kappa shape index (κ3) is 1.56. The Morgan fingerprint density at radius 3 is 1.33 bits per heavy atom. The molecule has 0 rings (SSSR count). The van der Waals surface area contributed by atoms with Crippen LogP contribution in [0.5, 0.6) is 0 Å². The summed E-state index contributed by atoms with van der Waals surface area (Å²) < 4.78 is -1.17. The van der Waals surface area contributed by atoms with E-state index in [1.54, 1.807) is 0 Å². The van der Waals surface area contributed by atoms with E-state index in [4.69, 9.17) is 11.7 Å². The summed E-state index contributed by atoms with van der Waals surface area (Å²) in [6.45, 7) is 2.31. The molecule has 0 aliphatic rings. The van der Waals surface area contributed by atoms with Gasteiger partial charge in [0.2, 0.25) is 0 Å². The van der Waals surface area contributed by atoms with Crippen LogP contribution < -0.4 is 11.7 Å². The summed E-state index contributed by atoms with van der Waals surface area (Å²) in [6, 6.07) is 0. The van der Waals surface area contributed by atoms with Crippen molar-refractivity contribution in [2.75, 3.05) is 0 Å². The molecule has 0 aromatic carbocycles. The summed E-state index contributed by atoms with van der Waals surface area (Å²) in [7, 11) is 0. The number of rotatable bonds is 0. The molecule has 0 unspecified atom stereocenters. The van der Waals surface area contributed by atoms with Crippen molar-refractivity contribution in [1.29, 1.82) is 0 Å². The van der Waals surface area contributed by atoms with Gasteiger partial charge in [-0.05, 0) is 0 Å². The van der Waals surface area contributed by atoms with Crippen molar-refractivity contribution in [2.45, 2.75) is 13.8 Å². The average Bonchev–Trinajstić information content (AvgIpc) is 1.65. The molecule has 0 radical (unpaired) electrons. The van der Waals surface area contributed by atoms with Crippen LogP contribution >= 0.6 is 0 Å². The zero-order valence-corrected chi connectivity index (χ0v) is 5.42.